The highest BCUT2D eigenvalue weighted by Crippen LogP contribution is 2.36. The van der Waals surface area contributed by atoms with Gasteiger partial charge in [-0.1, -0.05) is 29.8 Å². The largest absolute Gasteiger partial charge is 0.497 e. The average molecular weight is 348 g/mol. The van der Waals surface area contributed by atoms with Crippen molar-refractivity contribution in [2.75, 3.05) is 19.5 Å². The predicted octanol–water partition coefficient (Wildman–Crippen LogP) is 3.66. The Bertz CT molecular complexity index is 960. The number of hydrogen-bond acceptors (Lipinski definition) is 5. The van der Waals surface area contributed by atoms with Gasteiger partial charge in [0.05, 0.1) is 19.9 Å². The van der Waals surface area contributed by atoms with Crippen LogP contribution in [0.25, 0.3) is 5.70 Å². The van der Waals surface area contributed by atoms with Crippen LogP contribution in [-0.2, 0) is 0 Å². The molecule has 0 spiro atoms. The molecule has 6 nitrogen and oxygen atoms in total. The Morgan fingerprint density at radius 1 is 1.04 bits per heavy atom. The van der Waals surface area contributed by atoms with Crippen LogP contribution in [0.3, 0.4) is 0 Å². The number of hydrogen-bond donors (Lipinski definition) is 1. The molecule has 2 aromatic carbocycles. The van der Waals surface area contributed by atoms with Gasteiger partial charge in [0.15, 0.2) is 0 Å². The third kappa shape index (κ3) is 2.79. The van der Waals surface area contributed by atoms with Crippen molar-refractivity contribution in [2.24, 2.45) is 0 Å². The summed E-state index contributed by atoms with van der Waals surface area (Å²) in [5, 5.41) is 7.73. The summed E-state index contributed by atoms with van der Waals surface area (Å²) in [7, 11) is 3.30. The molecule has 132 valence electrons. The smallest absolute Gasteiger partial charge is 0.226 e. The van der Waals surface area contributed by atoms with E-state index in [0.717, 1.165) is 28.3 Å². The van der Waals surface area contributed by atoms with Gasteiger partial charge in [-0.15, -0.1) is 0 Å². The summed E-state index contributed by atoms with van der Waals surface area (Å²) < 4.78 is 12.7. The number of nitrogens with zero attached hydrogens (tertiary/aromatic N) is 3. The van der Waals surface area contributed by atoms with Crippen LogP contribution in [-0.4, -0.2) is 29.0 Å². The van der Waals surface area contributed by atoms with Gasteiger partial charge in [0, 0.05) is 11.6 Å². The van der Waals surface area contributed by atoms with Crippen LogP contribution >= 0.6 is 0 Å². The minimum atomic E-state index is -0.0452. The van der Waals surface area contributed by atoms with Crippen molar-refractivity contribution in [3.63, 3.8) is 0 Å². The Morgan fingerprint density at radius 2 is 1.85 bits per heavy atom. The molecular weight excluding hydrogens is 328 g/mol. The lowest BCUT2D eigenvalue weighted by Crippen LogP contribution is -2.20. The Labute approximate surface area is 152 Å². The van der Waals surface area contributed by atoms with E-state index in [9.17, 15) is 0 Å². The van der Waals surface area contributed by atoms with Crippen LogP contribution in [0, 0.1) is 6.92 Å². The molecule has 0 aliphatic carbocycles. The second-order valence-corrected chi connectivity index (χ2v) is 6.16. The highest BCUT2D eigenvalue weighted by Gasteiger charge is 2.24. The van der Waals surface area contributed by atoms with E-state index >= 15 is 0 Å². The van der Waals surface area contributed by atoms with Gasteiger partial charge >= 0.3 is 0 Å². The van der Waals surface area contributed by atoms with E-state index in [1.165, 1.54) is 5.56 Å². The van der Waals surface area contributed by atoms with E-state index in [-0.39, 0.29) is 6.04 Å². The molecule has 1 aliphatic heterocycles. The topological polar surface area (TPSA) is 61.2 Å². The van der Waals surface area contributed by atoms with Gasteiger partial charge < -0.3 is 14.8 Å². The fourth-order valence-electron chi connectivity index (χ4n) is 3.11. The number of anilines is 1. The number of methoxy groups -OCH3 is 2. The summed E-state index contributed by atoms with van der Waals surface area (Å²) in [6, 6.07) is 14.2. The number of allylic oxidation sites excluding steroid dienone is 1. The second-order valence-electron chi connectivity index (χ2n) is 6.16. The number of nitrogens with one attached hydrogen (secondary N) is 1. The SMILES string of the molecule is COc1ccc(C2=CC(c3ccc(C)cc3)n3ncnc3N2)c(OC)c1. The van der Waals surface area contributed by atoms with Crippen molar-refractivity contribution >= 4 is 11.6 Å². The summed E-state index contributed by atoms with van der Waals surface area (Å²) in [6.07, 6.45) is 3.70. The first-order chi connectivity index (χ1) is 12.7. The lowest BCUT2D eigenvalue weighted by atomic mass is 10.0. The highest BCUT2D eigenvalue weighted by molar-refractivity contribution is 5.80. The maximum Gasteiger partial charge on any atom is 0.226 e. The normalized spacial score (nSPS) is 15.7. The maximum absolute atomic E-state index is 5.56. The van der Waals surface area contributed by atoms with Crippen molar-refractivity contribution in [1.82, 2.24) is 14.8 Å². The van der Waals surface area contributed by atoms with Crippen LogP contribution in [0.5, 0.6) is 11.5 Å². The molecule has 0 saturated heterocycles. The number of aryl methyl sites for hydroxylation is 1. The van der Waals surface area contributed by atoms with Crippen LogP contribution in [0.4, 0.5) is 5.95 Å². The van der Waals surface area contributed by atoms with Crippen molar-refractivity contribution in [1.29, 1.82) is 0 Å². The van der Waals surface area contributed by atoms with E-state index in [4.69, 9.17) is 9.47 Å². The Balaban J connectivity index is 1.81. The first-order valence-corrected chi connectivity index (χ1v) is 8.37. The third-order valence-corrected chi connectivity index (χ3v) is 4.53. The highest BCUT2D eigenvalue weighted by atomic mass is 16.5. The predicted molar refractivity (Wildman–Crippen MR) is 100 cm³/mol. The van der Waals surface area contributed by atoms with Crippen molar-refractivity contribution in [3.8, 4) is 11.5 Å². The zero-order valence-corrected chi connectivity index (χ0v) is 14.9. The fourth-order valence-corrected chi connectivity index (χ4v) is 3.11. The lowest BCUT2D eigenvalue weighted by Gasteiger charge is -2.25. The molecule has 1 N–H and O–H groups in total. The molecule has 1 aliphatic rings. The van der Waals surface area contributed by atoms with Gasteiger partial charge in [-0.3, -0.25) is 0 Å². The Kier molecular flexibility index (Phi) is 4.08. The zero-order valence-electron chi connectivity index (χ0n) is 14.9. The summed E-state index contributed by atoms with van der Waals surface area (Å²) in [5.41, 5.74) is 4.24. The molecule has 0 radical (unpaired) electrons. The van der Waals surface area contributed by atoms with Crippen molar-refractivity contribution in [2.45, 2.75) is 13.0 Å². The Morgan fingerprint density at radius 3 is 2.58 bits per heavy atom. The molecule has 0 saturated carbocycles. The lowest BCUT2D eigenvalue weighted by molar-refractivity contribution is 0.393. The van der Waals surface area contributed by atoms with Gasteiger partial charge in [-0.2, -0.15) is 10.1 Å². The van der Waals surface area contributed by atoms with E-state index in [1.807, 2.05) is 22.9 Å². The first-order valence-electron chi connectivity index (χ1n) is 8.37. The van der Waals surface area contributed by atoms with Gasteiger partial charge in [-0.25, -0.2) is 4.68 Å². The van der Waals surface area contributed by atoms with Gasteiger partial charge in [0.2, 0.25) is 5.95 Å². The molecule has 26 heavy (non-hydrogen) atoms. The van der Waals surface area contributed by atoms with Crippen molar-refractivity contribution in [3.05, 3.63) is 71.6 Å². The minimum absolute atomic E-state index is 0.0452. The Hall–Kier alpha value is -3.28. The summed E-state index contributed by atoms with van der Waals surface area (Å²) in [6.45, 7) is 2.08. The van der Waals surface area contributed by atoms with Crippen LogP contribution in [0.2, 0.25) is 0 Å². The summed E-state index contributed by atoms with van der Waals surface area (Å²) in [4.78, 5) is 4.35. The fraction of sp³-hybridized carbons (Fsp3) is 0.200. The molecular formula is C20H20N4O2. The average Bonchev–Trinajstić information content (AvgIpc) is 3.16. The molecule has 1 aromatic heterocycles. The quantitative estimate of drug-likeness (QED) is 0.780. The van der Waals surface area contributed by atoms with Gasteiger partial charge in [0.1, 0.15) is 23.9 Å². The number of ether oxygens (including phenoxy) is 2. The summed E-state index contributed by atoms with van der Waals surface area (Å²) in [5.74, 6) is 2.19. The molecule has 0 fully saturated rings. The molecule has 6 heteroatoms. The molecule has 0 bridgehead atoms. The van der Waals surface area contributed by atoms with Crippen LogP contribution in [0.1, 0.15) is 22.7 Å². The second kappa shape index (κ2) is 6.55. The standard InChI is InChI=1S/C20H20N4O2/c1-13-4-6-14(7-5-13)18-11-17(23-20-21-12-22-24(18)20)16-9-8-15(25-2)10-19(16)26-3/h4-12,18H,1-3H3,(H,21,22,23). The van der Waals surface area contributed by atoms with Gasteiger partial charge in [0.25, 0.3) is 0 Å². The first kappa shape index (κ1) is 16.2. The maximum atomic E-state index is 5.56. The monoisotopic (exact) mass is 348 g/mol. The minimum Gasteiger partial charge on any atom is -0.497 e. The van der Waals surface area contributed by atoms with Crippen LogP contribution < -0.4 is 14.8 Å². The van der Waals surface area contributed by atoms with Gasteiger partial charge in [-0.05, 0) is 30.7 Å². The van der Waals surface area contributed by atoms with E-state index in [2.05, 4.69) is 52.7 Å². The van der Waals surface area contributed by atoms with E-state index < -0.39 is 0 Å². The molecule has 4 rings (SSSR count). The molecule has 2 heterocycles. The third-order valence-electron chi connectivity index (χ3n) is 4.53. The van der Waals surface area contributed by atoms with E-state index in [1.54, 1.807) is 20.5 Å². The molecule has 1 atom stereocenters. The van der Waals surface area contributed by atoms with Crippen molar-refractivity contribution < 1.29 is 9.47 Å². The number of fused-ring (bicyclic) bond motifs is 1. The van der Waals surface area contributed by atoms with E-state index in [0.29, 0.717) is 5.95 Å². The van der Waals surface area contributed by atoms with Crippen LogP contribution in [0.15, 0.2) is 54.9 Å². The molecule has 3 aromatic rings. The zero-order chi connectivity index (χ0) is 18.1. The molecule has 1 unspecified atom stereocenters. The molecule has 0 amide bonds. The summed E-state index contributed by atoms with van der Waals surface area (Å²) >= 11 is 0. The number of benzene rings is 2. The number of aromatic nitrogens is 3. The number of rotatable bonds is 4.